The first-order chi connectivity index (χ1) is 15.5. The normalized spacial score (nSPS) is 17.9. The number of hydrogen-bond donors (Lipinski definition) is 0. The van der Waals surface area contributed by atoms with E-state index in [0.29, 0.717) is 38.0 Å². The summed E-state index contributed by atoms with van der Waals surface area (Å²) >= 11 is 0. The lowest BCUT2D eigenvalue weighted by Crippen LogP contribution is -2.47. The molecule has 0 N–H and O–H groups in total. The predicted molar refractivity (Wildman–Crippen MR) is 119 cm³/mol. The van der Waals surface area contributed by atoms with Crippen molar-refractivity contribution >= 4 is 11.8 Å². The van der Waals surface area contributed by atoms with Gasteiger partial charge in [0.1, 0.15) is 11.6 Å². The van der Waals surface area contributed by atoms with Crippen LogP contribution in [-0.2, 0) is 11.3 Å². The third-order valence-corrected chi connectivity index (χ3v) is 6.79. The molecule has 1 heterocycles. The summed E-state index contributed by atoms with van der Waals surface area (Å²) in [5.41, 5.74) is 1.41. The minimum absolute atomic E-state index is 0.116. The topological polar surface area (TPSA) is 40.6 Å². The Labute approximate surface area is 188 Å². The minimum atomic E-state index is -0.366. The van der Waals surface area contributed by atoms with Crippen LogP contribution in [0.1, 0.15) is 60.9 Å². The highest BCUT2D eigenvalue weighted by molar-refractivity contribution is 5.94. The number of nitrogens with zero attached hydrogens (tertiary/aromatic N) is 2. The van der Waals surface area contributed by atoms with Gasteiger partial charge in [-0.3, -0.25) is 9.59 Å². The number of benzene rings is 2. The van der Waals surface area contributed by atoms with Crippen molar-refractivity contribution in [2.45, 2.75) is 57.5 Å². The summed E-state index contributed by atoms with van der Waals surface area (Å²) < 4.78 is 26.5. The van der Waals surface area contributed by atoms with Crippen LogP contribution < -0.4 is 0 Å². The third-order valence-electron chi connectivity index (χ3n) is 6.79. The summed E-state index contributed by atoms with van der Waals surface area (Å²) in [7, 11) is 0. The monoisotopic (exact) mass is 440 g/mol. The lowest BCUT2D eigenvalue weighted by molar-refractivity contribution is -0.140. The molecule has 0 atom stereocenters. The lowest BCUT2D eigenvalue weighted by Gasteiger charge is -2.39. The number of carbonyl (C=O) groups is 2. The Morgan fingerprint density at radius 2 is 1.38 bits per heavy atom. The van der Waals surface area contributed by atoms with Crippen LogP contribution in [0.3, 0.4) is 0 Å². The zero-order chi connectivity index (χ0) is 22.5. The highest BCUT2D eigenvalue weighted by atomic mass is 19.1. The smallest absolute Gasteiger partial charge is 0.253 e. The molecule has 6 heteroatoms. The molecular weight excluding hydrogens is 410 g/mol. The maximum atomic E-state index is 13.6. The van der Waals surface area contributed by atoms with E-state index in [9.17, 15) is 18.4 Å². The average molecular weight is 441 g/mol. The first-order valence-electron chi connectivity index (χ1n) is 11.6. The van der Waals surface area contributed by atoms with Crippen molar-refractivity contribution in [3.05, 3.63) is 71.3 Å². The van der Waals surface area contributed by atoms with Gasteiger partial charge in [0, 0.05) is 37.2 Å². The molecule has 0 bridgehead atoms. The number of likely N-dealkylation sites (tertiary alicyclic amines) is 1. The Kier molecular flexibility index (Phi) is 7.18. The first kappa shape index (κ1) is 22.4. The highest BCUT2D eigenvalue weighted by Crippen LogP contribution is 2.29. The number of piperidine rings is 1. The van der Waals surface area contributed by atoms with Crippen LogP contribution >= 0.6 is 0 Å². The standard InChI is InChI=1S/C26H30F2N2O2/c27-22-10-6-19(7-11-22)18-30(24-4-2-1-3-5-24)26(32)21-14-16-29(17-15-21)25(31)20-8-12-23(28)13-9-20/h6-13,21,24H,1-5,14-18H2. The molecule has 0 aromatic heterocycles. The van der Waals surface area contributed by atoms with Gasteiger partial charge in [0.25, 0.3) is 5.91 Å². The lowest BCUT2D eigenvalue weighted by atomic mass is 9.90. The van der Waals surface area contributed by atoms with Crippen molar-refractivity contribution in [2.24, 2.45) is 5.92 Å². The van der Waals surface area contributed by atoms with Gasteiger partial charge in [-0.1, -0.05) is 31.4 Å². The molecule has 32 heavy (non-hydrogen) atoms. The Balaban J connectivity index is 1.41. The van der Waals surface area contributed by atoms with E-state index in [-0.39, 0.29) is 35.4 Å². The van der Waals surface area contributed by atoms with E-state index in [0.717, 1.165) is 31.2 Å². The summed E-state index contributed by atoms with van der Waals surface area (Å²) in [6, 6.07) is 12.2. The first-order valence-corrected chi connectivity index (χ1v) is 11.6. The molecule has 2 aliphatic rings. The largest absolute Gasteiger partial charge is 0.339 e. The van der Waals surface area contributed by atoms with Gasteiger partial charge in [-0.2, -0.15) is 0 Å². The van der Waals surface area contributed by atoms with E-state index >= 15 is 0 Å². The molecule has 0 spiro atoms. The van der Waals surface area contributed by atoms with Gasteiger partial charge in [0.15, 0.2) is 0 Å². The second-order valence-electron chi connectivity index (χ2n) is 8.96. The molecule has 1 aliphatic heterocycles. The summed E-state index contributed by atoms with van der Waals surface area (Å²) in [5, 5.41) is 0. The van der Waals surface area contributed by atoms with E-state index in [1.54, 1.807) is 17.0 Å². The summed E-state index contributed by atoms with van der Waals surface area (Å²) in [6.07, 6.45) is 6.73. The predicted octanol–water partition coefficient (Wildman–Crippen LogP) is 5.18. The van der Waals surface area contributed by atoms with Crippen molar-refractivity contribution in [1.29, 1.82) is 0 Å². The Hall–Kier alpha value is -2.76. The molecule has 4 rings (SSSR count). The summed E-state index contributed by atoms with van der Waals surface area (Å²) in [4.78, 5) is 30.0. The fourth-order valence-electron chi connectivity index (χ4n) is 4.91. The molecule has 2 amide bonds. The number of carbonyl (C=O) groups excluding carboxylic acids is 2. The van der Waals surface area contributed by atoms with Gasteiger partial charge in [0.2, 0.25) is 5.91 Å². The summed E-state index contributed by atoms with van der Waals surface area (Å²) in [5.74, 6) is -0.728. The van der Waals surface area contributed by atoms with E-state index in [1.807, 2.05) is 4.90 Å². The van der Waals surface area contributed by atoms with Crippen molar-refractivity contribution in [3.63, 3.8) is 0 Å². The zero-order valence-electron chi connectivity index (χ0n) is 18.3. The van der Waals surface area contributed by atoms with Crippen LogP contribution in [0.2, 0.25) is 0 Å². The minimum Gasteiger partial charge on any atom is -0.339 e. The zero-order valence-corrected chi connectivity index (χ0v) is 18.3. The van der Waals surface area contributed by atoms with E-state index in [2.05, 4.69) is 0 Å². The van der Waals surface area contributed by atoms with Crippen LogP contribution in [0.25, 0.3) is 0 Å². The maximum Gasteiger partial charge on any atom is 0.253 e. The third kappa shape index (κ3) is 5.34. The summed E-state index contributed by atoms with van der Waals surface area (Å²) in [6.45, 7) is 1.53. The van der Waals surface area contributed by atoms with Crippen molar-refractivity contribution in [3.8, 4) is 0 Å². The fraction of sp³-hybridized carbons (Fsp3) is 0.462. The average Bonchev–Trinajstić information content (AvgIpc) is 2.84. The van der Waals surface area contributed by atoms with Crippen LogP contribution in [0.5, 0.6) is 0 Å². The molecule has 170 valence electrons. The van der Waals surface area contributed by atoms with Gasteiger partial charge in [-0.25, -0.2) is 8.78 Å². The maximum absolute atomic E-state index is 13.6. The number of rotatable bonds is 5. The van der Waals surface area contributed by atoms with Gasteiger partial charge in [0.05, 0.1) is 0 Å². The van der Waals surface area contributed by atoms with Gasteiger partial charge >= 0.3 is 0 Å². The Morgan fingerprint density at radius 3 is 1.97 bits per heavy atom. The van der Waals surface area contributed by atoms with Gasteiger partial charge in [-0.15, -0.1) is 0 Å². The molecule has 0 radical (unpaired) electrons. The Morgan fingerprint density at radius 1 is 0.812 bits per heavy atom. The molecule has 2 aromatic carbocycles. The molecule has 1 saturated heterocycles. The molecule has 0 unspecified atom stereocenters. The van der Waals surface area contributed by atoms with Crippen LogP contribution in [0.15, 0.2) is 48.5 Å². The number of hydrogen-bond acceptors (Lipinski definition) is 2. The van der Waals surface area contributed by atoms with Crippen molar-refractivity contribution < 1.29 is 18.4 Å². The quantitative estimate of drug-likeness (QED) is 0.643. The van der Waals surface area contributed by atoms with Crippen LogP contribution in [-0.4, -0.2) is 40.7 Å². The highest BCUT2D eigenvalue weighted by Gasteiger charge is 2.34. The molecule has 2 fully saturated rings. The molecular formula is C26H30F2N2O2. The van der Waals surface area contributed by atoms with Crippen LogP contribution in [0, 0.1) is 17.6 Å². The SMILES string of the molecule is O=C(c1ccc(F)cc1)N1CCC(C(=O)N(Cc2ccc(F)cc2)C2CCCCC2)CC1. The van der Waals surface area contributed by atoms with Gasteiger partial charge < -0.3 is 9.80 Å². The fourth-order valence-corrected chi connectivity index (χ4v) is 4.91. The van der Waals surface area contributed by atoms with Crippen molar-refractivity contribution in [1.82, 2.24) is 9.80 Å². The second kappa shape index (κ2) is 10.2. The number of halogens is 2. The van der Waals surface area contributed by atoms with Gasteiger partial charge in [-0.05, 0) is 67.6 Å². The van der Waals surface area contributed by atoms with E-state index < -0.39 is 0 Å². The number of amides is 2. The van der Waals surface area contributed by atoms with Crippen molar-refractivity contribution in [2.75, 3.05) is 13.1 Å². The van der Waals surface area contributed by atoms with E-state index in [1.165, 1.54) is 42.8 Å². The molecule has 1 aliphatic carbocycles. The molecule has 1 saturated carbocycles. The molecule has 2 aromatic rings. The second-order valence-corrected chi connectivity index (χ2v) is 8.96. The van der Waals surface area contributed by atoms with Crippen LogP contribution in [0.4, 0.5) is 8.78 Å². The molecule has 4 nitrogen and oxygen atoms in total. The Bertz CT molecular complexity index is 916. The van der Waals surface area contributed by atoms with E-state index in [4.69, 9.17) is 0 Å².